The first-order chi connectivity index (χ1) is 8.24. The van der Waals surface area contributed by atoms with Crippen molar-refractivity contribution in [1.82, 2.24) is 14.5 Å². The van der Waals surface area contributed by atoms with Crippen LogP contribution in [0.25, 0.3) is 0 Å². The molecule has 1 fully saturated rings. The molecule has 0 amide bonds. The zero-order chi connectivity index (χ0) is 12.1. The molecular formula is C11H20N4O2. The number of nitrogen functional groups attached to an aromatic ring is 1. The fraction of sp³-hybridized carbons (Fsp3) is 0.727. The van der Waals surface area contributed by atoms with E-state index >= 15 is 0 Å². The van der Waals surface area contributed by atoms with E-state index in [4.69, 9.17) is 15.2 Å². The second-order valence-electron chi connectivity index (χ2n) is 4.37. The van der Waals surface area contributed by atoms with E-state index in [1.807, 2.05) is 10.8 Å². The molecule has 6 nitrogen and oxygen atoms in total. The molecule has 96 valence electrons. The van der Waals surface area contributed by atoms with Crippen molar-refractivity contribution in [3.05, 3.63) is 12.5 Å². The van der Waals surface area contributed by atoms with Gasteiger partial charge in [0.25, 0.3) is 0 Å². The summed E-state index contributed by atoms with van der Waals surface area (Å²) in [6, 6.07) is 0. The fourth-order valence-electron chi connectivity index (χ4n) is 1.87. The van der Waals surface area contributed by atoms with Gasteiger partial charge >= 0.3 is 0 Å². The molecule has 1 aromatic rings. The van der Waals surface area contributed by atoms with Crippen molar-refractivity contribution < 1.29 is 9.47 Å². The van der Waals surface area contributed by atoms with Gasteiger partial charge in [-0.1, -0.05) is 0 Å². The van der Waals surface area contributed by atoms with Crippen LogP contribution in [-0.2, 0) is 16.0 Å². The molecular weight excluding hydrogens is 220 g/mol. The van der Waals surface area contributed by atoms with E-state index in [1.54, 1.807) is 6.33 Å². The number of aromatic nitrogens is 2. The van der Waals surface area contributed by atoms with Gasteiger partial charge in [0.2, 0.25) is 0 Å². The zero-order valence-electron chi connectivity index (χ0n) is 10.2. The van der Waals surface area contributed by atoms with Gasteiger partial charge < -0.3 is 24.7 Å². The molecule has 0 saturated carbocycles. The highest BCUT2D eigenvalue weighted by Crippen LogP contribution is 2.03. The third-order valence-electron chi connectivity index (χ3n) is 2.79. The van der Waals surface area contributed by atoms with E-state index in [0.717, 1.165) is 19.6 Å². The molecule has 2 N–H and O–H groups in total. The molecule has 0 aliphatic carbocycles. The summed E-state index contributed by atoms with van der Waals surface area (Å²) in [5.41, 5.74) is 5.55. The van der Waals surface area contributed by atoms with E-state index in [9.17, 15) is 0 Å². The minimum atomic E-state index is 0.196. The lowest BCUT2D eigenvalue weighted by Gasteiger charge is -2.27. The summed E-state index contributed by atoms with van der Waals surface area (Å²) in [6.07, 6.45) is 3.79. The Kier molecular flexibility index (Phi) is 4.36. The second kappa shape index (κ2) is 6.00. The van der Waals surface area contributed by atoms with E-state index in [2.05, 4.69) is 16.9 Å². The number of hydrogen-bond donors (Lipinski definition) is 1. The summed E-state index contributed by atoms with van der Waals surface area (Å²) >= 11 is 0. The summed E-state index contributed by atoms with van der Waals surface area (Å²) in [7, 11) is 2.08. The van der Waals surface area contributed by atoms with Crippen molar-refractivity contribution in [2.75, 3.05) is 45.7 Å². The first kappa shape index (κ1) is 12.3. The van der Waals surface area contributed by atoms with Crippen LogP contribution in [0.2, 0.25) is 0 Å². The smallest absolute Gasteiger partial charge is 0.141 e. The maximum absolute atomic E-state index is 5.60. The van der Waals surface area contributed by atoms with Gasteiger partial charge in [0.05, 0.1) is 32.3 Å². The molecule has 2 heterocycles. The van der Waals surface area contributed by atoms with Crippen molar-refractivity contribution >= 4 is 5.82 Å². The van der Waals surface area contributed by atoms with Gasteiger partial charge in [-0.25, -0.2) is 4.98 Å². The lowest BCUT2D eigenvalue weighted by molar-refractivity contribution is -0.0958. The second-order valence-corrected chi connectivity index (χ2v) is 4.37. The van der Waals surface area contributed by atoms with Crippen LogP contribution in [0.15, 0.2) is 12.5 Å². The van der Waals surface area contributed by atoms with Crippen LogP contribution < -0.4 is 5.73 Å². The SMILES string of the molecule is CN(CCn1cnc(N)c1)CC1COCCO1. The van der Waals surface area contributed by atoms with Crippen LogP contribution in [0.4, 0.5) is 5.82 Å². The lowest BCUT2D eigenvalue weighted by atomic mass is 10.3. The Bertz CT molecular complexity index is 336. The number of imidazole rings is 1. The summed E-state index contributed by atoms with van der Waals surface area (Å²) in [4.78, 5) is 6.22. The molecule has 2 rings (SSSR count). The summed E-state index contributed by atoms with van der Waals surface area (Å²) < 4.78 is 13.0. The summed E-state index contributed by atoms with van der Waals surface area (Å²) in [5.74, 6) is 0.566. The fourth-order valence-corrected chi connectivity index (χ4v) is 1.87. The van der Waals surface area contributed by atoms with Gasteiger partial charge in [-0.15, -0.1) is 0 Å². The van der Waals surface area contributed by atoms with E-state index < -0.39 is 0 Å². The highest BCUT2D eigenvalue weighted by atomic mass is 16.6. The van der Waals surface area contributed by atoms with Crippen molar-refractivity contribution in [2.24, 2.45) is 0 Å². The highest BCUT2D eigenvalue weighted by Gasteiger charge is 2.16. The Morgan fingerprint density at radius 3 is 3.12 bits per heavy atom. The average molecular weight is 240 g/mol. The number of nitrogens with zero attached hydrogens (tertiary/aromatic N) is 3. The average Bonchev–Trinajstić information content (AvgIpc) is 2.74. The number of hydrogen-bond acceptors (Lipinski definition) is 5. The predicted octanol–water partition coefficient (Wildman–Crippen LogP) is -0.187. The molecule has 0 spiro atoms. The number of ether oxygens (including phenoxy) is 2. The van der Waals surface area contributed by atoms with Crippen LogP contribution in [-0.4, -0.2) is 60.5 Å². The zero-order valence-corrected chi connectivity index (χ0v) is 10.2. The van der Waals surface area contributed by atoms with Crippen LogP contribution in [0.3, 0.4) is 0 Å². The predicted molar refractivity (Wildman–Crippen MR) is 64.7 cm³/mol. The number of anilines is 1. The first-order valence-electron chi connectivity index (χ1n) is 5.89. The van der Waals surface area contributed by atoms with Crippen molar-refractivity contribution in [3.63, 3.8) is 0 Å². The first-order valence-corrected chi connectivity index (χ1v) is 5.89. The standard InChI is InChI=1S/C11H20N4O2/c1-14(6-10-8-16-4-5-17-10)2-3-15-7-11(12)13-9-15/h7,9-10H,2-6,8,12H2,1H3. The maximum Gasteiger partial charge on any atom is 0.141 e. The summed E-state index contributed by atoms with van der Waals surface area (Å²) in [5, 5.41) is 0. The normalized spacial score (nSPS) is 20.9. The van der Waals surface area contributed by atoms with Gasteiger partial charge in [-0.05, 0) is 7.05 Å². The largest absolute Gasteiger partial charge is 0.382 e. The molecule has 0 aromatic carbocycles. The van der Waals surface area contributed by atoms with Crippen molar-refractivity contribution in [3.8, 4) is 0 Å². The minimum absolute atomic E-state index is 0.196. The maximum atomic E-state index is 5.60. The summed E-state index contributed by atoms with van der Waals surface area (Å²) in [6.45, 7) is 4.83. The Morgan fingerprint density at radius 1 is 1.59 bits per heavy atom. The third-order valence-corrected chi connectivity index (χ3v) is 2.79. The third kappa shape index (κ3) is 3.99. The molecule has 0 bridgehead atoms. The van der Waals surface area contributed by atoms with Gasteiger partial charge in [0.1, 0.15) is 5.82 Å². The lowest BCUT2D eigenvalue weighted by Crippen LogP contribution is -2.39. The Morgan fingerprint density at radius 2 is 2.47 bits per heavy atom. The van der Waals surface area contributed by atoms with E-state index in [0.29, 0.717) is 25.6 Å². The van der Waals surface area contributed by atoms with Gasteiger partial charge in [0.15, 0.2) is 0 Å². The van der Waals surface area contributed by atoms with Gasteiger partial charge in [0, 0.05) is 25.8 Å². The minimum Gasteiger partial charge on any atom is -0.382 e. The highest BCUT2D eigenvalue weighted by molar-refractivity contribution is 5.22. The van der Waals surface area contributed by atoms with Crippen molar-refractivity contribution in [2.45, 2.75) is 12.6 Å². The quantitative estimate of drug-likeness (QED) is 0.773. The molecule has 1 aliphatic rings. The number of likely N-dealkylation sites (N-methyl/N-ethyl adjacent to an activating group) is 1. The molecule has 0 radical (unpaired) electrons. The molecule has 17 heavy (non-hydrogen) atoms. The molecule has 1 atom stereocenters. The van der Waals surface area contributed by atoms with Crippen LogP contribution in [0.1, 0.15) is 0 Å². The molecule has 1 aliphatic heterocycles. The number of nitrogens with two attached hydrogens (primary N) is 1. The van der Waals surface area contributed by atoms with Crippen LogP contribution in [0.5, 0.6) is 0 Å². The Balaban J connectivity index is 1.68. The van der Waals surface area contributed by atoms with Gasteiger partial charge in [-0.2, -0.15) is 0 Å². The monoisotopic (exact) mass is 240 g/mol. The Labute approximate surface area is 101 Å². The van der Waals surface area contributed by atoms with E-state index in [1.165, 1.54) is 0 Å². The van der Waals surface area contributed by atoms with Crippen LogP contribution >= 0.6 is 0 Å². The molecule has 1 aromatic heterocycles. The van der Waals surface area contributed by atoms with Crippen molar-refractivity contribution in [1.29, 1.82) is 0 Å². The number of rotatable bonds is 5. The topological polar surface area (TPSA) is 65.5 Å². The Hall–Kier alpha value is -1.11. The molecule has 1 unspecified atom stereocenters. The van der Waals surface area contributed by atoms with Gasteiger partial charge in [-0.3, -0.25) is 0 Å². The van der Waals surface area contributed by atoms with Crippen LogP contribution in [0, 0.1) is 0 Å². The molecule has 6 heteroatoms. The molecule has 1 saturated heterocycles. The van der Waals surface area contributed by atoms with E-state index in [-0.39, 0.29) is 6.10 Å².